The SMILES string of the molecule is O=C(NC(CO)CO)c1ccc(Cn2cccn2)o1. The van der Waals surface area contributed by atoms with Crippen LogP contribution in [0.15, 0.2) is 35.0 Å². The molecule has 0 atom stereocenters. The van der Waals surface area contributed by atoms with Crippen molar-refractivity contribution in [2.75, 3.05) is 13.2 Å². The second-order valence-corrected chi connectivity index (χ2v) is 4.01. The third kappa shape index (κ3) is 3.43. The van der Waals surface area contributed by atoms with Crippen LogP contribution in [0.3, 0.4) is 0 Å². The molecule has 0 radical (unpaired) electrons. The highest BCUT2D eigenvalue weighted by molar-refractivity contribution is 5.91. The molecule has 0 aliphatic heterocycles. The Labute approximate surface area is 109 Å². The average Bonchev–Trinajstić information content (AvgIpc) is 3.07. The third-order valence-electron chi connectivity index (χ3n) is 2.54. The monoisotopic (exact) mass is 265 g/mol. The zero-order chi connectivity index (χ0) is 13.7. The Morgan fingerprint density at radius 3 is 2.84 bits per heavy atom. The maximum atomic E-state index is 11.7. The van der Waals surface area contributed by atoms with Crippen LogP contribution in [0.1, 0.15) is 16.3 Å². The largest absolute Gasteiger partial charge is 0.454 e. The number of aliphatic hydroxyl groups excluding tert-OH is 2. The van der Waals surface area contributed by atoms with E-state index >= 15 is 0 Å². The van der Waals surface area contributed by atoms with Crippen molar-refractivity contribution >= 4 is 5.91 Å². The van der Waals surface area contributed by atoms with E-state index in [-0.39, 0.29) is 19.0 Å². The number of hydrogen-bond acceptors (Lipinski definition) is 5. The molecule has 0 aliphatic carbocycles. The molecule has 2 heterocycles. The first kappa shape index (κ1) is 13.3. The average molecular weight is 265 g/mol. The molecule has 0 unspecified atom stereocenters. The van der Waals surface area contributed by atoms with Crippen LogP contribution in [0, 0.1) is 0 Å². The summed E-state index contributed by atoms with van der Waals surface area (Å²) in [4.78, 5) is 11.7. The lowest BCUT2D eigenvalue weighted by Gasteiger charge is -2.11. The second kappa shape index (κ2) is 6.17. The Morgan fingerprint density at radius 1 is 1.42 bits per heavy atom. The van der Waals surface area contributed by atoms with E-state index in [9.17, 15) is 4.79 Å². The molecular weight excluding hydrogens is 250 g/mol. The minimum atomic E-state index is -0.688. The van der Waals surface area contributed by atoms with Crippen LogP contribution in [-0.4, -0.2) is 45.2 Å². The van der Waals surface area contributed by atoms with Crippen molar-refractivity contribution < 1.29 is 19.4 Å². The molecule has 0 aliphatic rings. The van der Waals surface area contributed by atoms with Gasteiger partial charge < -0.3 is 19.9 Å². The van der Waals surface area contributed by atoms with Gasteiger partial charge in [-0.05, 0) is 18.2 Å². The quantitative estimate of drug-likeness (QED) is 0.660. The zero-order valence-electron chi connectivity index (χ0n) is 10.2. The molecule has 0 spiro atoms. The molecule has 0 saturated carbocycles. The Bertz CT molecular complexity index is 517. The standard InChI is InChI=1S/C12H15N3O4/c16-7-9(8-17)14-12(18)11-3-2-10(19-11)6-15-5-1-4-13-15/h1-5,9,16-17H,6-8H2,(H,14,18). The van der Waals surface area contributed by atoms with Gasteiger partial charge in [-0.2, -0.15) is 5.10 Å². The molecule has 0 fully saturated rings. The van der Waals surface area contributed by atoms with Gasteiger partial charge in [-0.15, -0.1) is 0 Å². The van der Waals surface area contributed by atoms with E-state index in [2.05, 4.69) is 10.4 Å². The summed E-state index contributed by atoms with van der Waals surface area (Å²) in [5.74, 6) is 0.257. The number of aliphatic hydroxyl groups is 2. The summed E-state index contributed by atoms with van der Waals surface area (Å²) in [6.07, 6.45) is 3.44. The first-order valence-electron chi connectivity index (χ1n) is 5.81. The summed E-state index contributed by atoms with van der Waals surface area (Å²) in [6, 6.07) is 4.33. The van der Waals surface area contributed by atoms with Crippen LogP contribution in [0.5, 0.6) is 0 Å². The van der Waals surface area contributed by atoms with E-state index in [1.54, 1.807) is 35.3 Å². The van der Waals surface area contributed by atoms with Gasteiger partial charge in [-0.1, -0.05) is 0 Å². The lowest BCUT2D eigenvalue weighted by atomic mass is 10.3. The molecule has 19 heavy (non-hydrogen) atoms. The first-order chi connectivity index (χ1) is 9.22. The van der Waals surface area contributed by atoms with Crippen molar-refractivity contribution in [3.63, 3.8) is 0 Å². The highest BCUT2D eigenvalue weighted by Gasteiger charge is 2.15. The van der Waals surface area contributed by atoms with Crippen molar-refractivity contribution in [3.8, 4) is 0 Å². The fourth-order valence-electron chi connectivity index (χ4n) is 1.54. The molecule has 102 valence electrons. The molecule has 0 saturated heterocycles. The second-order valence-electron chi connectivity index (χ2n) is 4.01. The predicted octanol–water partition coefficient (Wildman–Crippen LogP) is -0.393. The summed E-state index contributed by atoms with van der Waals surface area (Å²) in [7, 11) is 0. The number of amides is 1. The van der Waals surface area contributed by atoms with Gasteiger partial charge in [0.1, 0.15) is 5.76 Å². The van der Waals surface area contributed by atoms with Crippen molar-refractivity contribution in [1.29, 1.82) is 0 Å². The minimum absolute atomic E-state index is 0.133. The molecule has 7 heteroatoms. The normalized spacial score (nSPS) is 10.9. The van der Waals surface area contributed by atoms with E-state index in [1.165, 1.54) is 0 Å². The van der Waals surface area contributed by atoms with Crippen molar-refractivity contribution in [1.82, 2.24) is 15.1 Å². The molecule has 1 amide bonds. The van der Waals surface area contributed by atoms with Gasteiger partial charge in [0.05, 0.1) is 25.8 Å². The van der Waals surface area contributed by atoms with E-state index in [1.807, 2.05) is 0 Å². The maximum absolute atomic E-state index is 11.7. The topological polar surface area (TPSA) is 101 Å². The number of carbonyl (C=O) groups is 1. The smallest absolute Gasteiger partial charge is 0.287 e. The molecule has 2 aromatic heterocycles. The van der Waals surface area contributed by atoms with Crippen molar-refractivity contribution in [3.05, 3.63) is 42.1 Å². The summed E-state index contributed by atoms with van der Waals surface area (Å²) < 4.78 is 7.04. The minimum Gasteiger partial charge on any atom is -0.454 e. The number of aromatic nitrogens is 2. The van der Waals surface area contributed by atoms with Crippen LogP contribution < -0.4 is 5.32 Å². The first-order valence-corrected chi connectivity index (χ1v) is 5.81. The van der Waals surface area contributed by atoms with Gasteiger partial charge in [0.2, 0.25) is 0 Å². The number of rotatable bonds is 6. The van der Waals surface area contributed by atoms with Gasteiger partial charge in [-0.25, -0.2) is 0 Å². The molecule has 2 aromatic rings. The van der Waals surface area contributed by atoms with Crippen LogP contribution in [0.4, 0.5) is 0 Å². The fourth-order valence-corrected chi connectivity index (χ4v) is 1.54. The van der Waals surface area contributed by atoms with Crippen LogP contribution in [0.25, 0.3) is 0 Å². The Hall–Kier alpha value is -2.12. The van der Waals surface area contributed by atoms with Crippen LogP contribution in [-0.2, 0) is 6.54 Å². The molecule has 3 N–H and O–H groups in total. The number of nitrogens with one attached hydrogen (secondary N) is 1. The lowest BCUT2D eigenvalue weighted by molar-refractivity contribution is 0.0850. The van der Waals surface area contributed by atoms with E-state index in [0.29, 0.717) is 12.3 Å². The lowest BCUT2D eigenvalue weighted by Crippen LogP contribution is -2.39. The summed E-state index contributed by atoms with van der Waals surface area (Å²) >= 11 is 0. The molecule has 0 aromatic carbocycles. The Kier molecular flexibility index (Phi) is 4.32. The Balaban J connectivity index is 1.98. The highest BCUT2D eigenvalue weighted by atomic mass is 16.4. The predicted molar refractivity (Wildman–Crippen MR) is 65.5 cm³/mol. The highest BCUT2D eigenvalue weighted by Crippen LogP contribution is 2.09. The number of nitrogens with zero attached hydrogens (tertiary/aromatic N) is 2. The van der Waals surface area contributed by atoms with Crippen LogP contribution in [0.2, 0.25) is 0 Å². The van der Waals surface area contributed by atoms with E-state index < -0.39 is 11.9 Å². The van der Waals surface area contributed by atoms with Gasteiger partial charge in [0.15, 0.2) is 5.76 Å². The van der Waals surface area contributed by atoms with Crippen LogP contribution >= 0.6 is 0 Å². The zero-order valence-corrected chi connectivity index (χ0v) is 10.2. The van der Waals surface area contributed by atoms with Gasteiger partial charge >= 0.3 is 0 Å². The fraction of sp³-hybridized carbons (Fsp3) is 0.333. The van der Waals surface area contributed by atoms with Crippen molar-refractivity contribution in [2.24, 2.45) is 0 Å². The van der Waals surface area contributed by atoms with Gasteiger partial charge in [-0.3, -0.25) is 9.48 Å². The molecule has 0 bridgehead atoms. The summed E-state index contributed by atoms with van der Waals surface area (Å²) in [5.41, 5.74) is 0. The maximum Gasteiger partial charge on any atom is 0.287 e. The molecule has 2 rings (SSSR count). The number of furan rings is 1. The molecule has 7 nitrogen and oxygen atoms in total. The summed E-state index contributed by atoms with van der Waals surface area (Å²) in [6.45, 7) is -0.226. The summed E-state index contributed by atoms with van der Waals surface area (Å²) in [5, 5.41) is 24.2. The number of carbonyl (C=O) groups excluding carboxylic acids is 1. The molecular formula is C12H15N3O4. The van der Waals surface area contributed by atoms with E-state index in [0.717, 1.165) is 0 Å². The van der Waals surface area contributed by atoms with Gasteiger partial charge in [0, 0.05) is 12.4 Å². The van der Waals surface area contributed by atoms with Crippen molar-refractivity contribution in [2.45, 2.75) is 12.6 Å². The Morgan fingerprint density at radius 2 is 2.21 bits per heavy atom. The number of hydrogen-bond donors (Lipinski definition) is 3. The van der Waals surface area contributed by atoms with Gasteiger partial charge in [0.25, 0.3) is 5.91 Å². The van der Waals surface area contributed by atoms with E-state index in [4.69, 9.17) is 14.6 Å². The third-order valence-corrected chi connectivity index (χ3v) is 2.54.